The molecule has 1 amide bonds. The average molecular weight is 402 g/mol. The van der Waals surface area contributed by atoms with Gasteiger partial charge in [0.1, 0.15) is 5.82 Å². The van der Waals surface area contributed by atoms with Crippen LogP contribution in [0.25, 0.3) is 0 Å². The normalized spacial score (nSPS) is 24.7. The van der Waals surface area contributed by atoms with Crippen LogP contribution in [-0.2, 0) is 21.7 Å². The van der Waals surface area contributed by atoms with Crippen LogP contribution in [0.15, 0.2) is 5.16 Å². The lowest BCUT2D eigenvalue weighted by Gasteiger charge is -2.35. The molecule has 0 saturated carbocycles. The number of sulfone groups is 1. The minimum atomic E-state index is -2.96. The minimum Gasteiger partial charge on any atom is -0.339 e. The number of rotatable bonds is 5. The molecule has 8 nitrogen and oxygen atoms in total. The molecule has 2 aliphatic heterocycles. The van der Waals surface area contributed by atoms with Crippen molar-refractivity contribution in [1.29, 1.82) is 0 Å². The highest BCUT2D eigenvalue weighted by atomic mass is 32.2. The highest BCUT2D eigenvalue weighted by Crippen LogP contribution is 2.30. The van der Waals surface area contributed by atoms with Crippen LogP contribution >= 0.6 is 11.8 Å². The van der Waals surface area contributed by atoms with Crippen LogP contribution in [0.4, 0.5) is 0 Å². The average Bonchev–Trinajstić information content (AvgIpc) is 3.16. The molecule has 146 valence electrons. The molecule has 0 aromatic carbocycles. The Balaban J connectivity index is 1.61. The van der Waals surface area contributed by atoms with E-state index in [0.717, 1.165) is 32.7 Å². The summed E-state index contributed by atoms with van der Waals surface area (Å²) in [5.41, 5.74) is 0. The second kappa shape index (κ2) is 7.85. The standard InChI is InChI=1S/C16H27N5O3S2/c1-4-20-6-8-21(9-7-20)15(22)12(2)25-16-18-17-14(19(16)3)13-5-10-26(23,24)11-13/h12-13H,4-11H2,1-3H3/t12-,13-/m0/s1. The van der Waals surface area contributed by atoms with Crippen molar-refractivity contribution in [3.8, 4) is 0 Å². The van der Waals surface area contributed by atoms with Crippen LogP contribution in [0, 0.1) is 0 Å². The first-order chi connectivity index (χ1) is 12.3. The van der Waals surface area contributed by atoms with Crippen LogP contribution in [0.3, 0.4) is 0 Å². The molecule has 0 radical (unpaired) electrons. The quantitative estimate of drug-likeness (QED) is 0.658. The molecule has 0 unspecified atom stereocenters. The predicted octanol–water partition coefficient (Wildman–Crippen LogP) is 0.362. The van der Waals surface area contributed by atoms with Gasteiger partial charge in [-0.2, -0.15) is 0 Å². The second-order valence-corrected chi connectivity index (χ2v) is 10.6. The number of thioether (sulfide) groups is 1. The van der Waals surface area contributed by atoms with E-state index in [4.69, 9.17) is 0 Å². The Morgan fingerprint density at radius 1 is 1.27 bits per heavy atom. The van der Waals surface area contributed by atoms with Crippen molar-refractivity contribution in [3.05, 3.63) is 5.82 Å². The fraction of sp³-hybridized carbons (Fsp3) is 0.812. The van der Waals surface area contributed by atoms with E-state index in [1.54, 1.807) is 0 Å². The molecule has 0 spiro atoms. The molecule has 0 bridgehead atoms. The van der Waals surface area contributed by atoms with Gasteiger partial charge in [-0.15, -0.1) is 10.2 Å². The highest BCUT2D eigenvalue weighted by Gasteiger charge is 2.33. The van der Waals surface area contributed by atoms with Crippen LogP contribution in [0.5, 0.6) is 0 Å². The van der Waals surface area contributed by atoms with Crippen LogP contribution in [0.2, 0.25) is 0 Å². The second-order valence-electron chi connectivity index (χ2n) is 7.02. The molecular formula is C16H27N5O3S2. The summed E-state index contributed by atoms with van der Waals surface area (Å²) in [6.45, 7) is 8.42. The molecule has 3 heterocycles. The maximum Gasteiger partial charge on any atom is 0.235 e. The fourth-order valence-electron chi connectivity index (χ4n) is 3.53. The maximum atomic E-state index is 12.7. The Labute approximate surface area is 159 Å². The van der Waals surface area contributed by atoms with Gasteiger partial charge in [0.2, 0.25) is 5.91 Å². The Morgan fingerprint density at radius 2 is 1.96 bits per heavy atom. The molecule has 10 heteroatoms. The van der Waals surface area contributed by atoms with Gasteiger partial charge in [0.15, 0.2) is 15.0 Å². The molecule has 1 aromatic heterocycles. The van der Waals surface area contributed by atoms with E-state index < -0.39 is 9.84 Å². The third-order valence-electron chi connectivity index (χ3n) is 5.23. The van der Waals surface area contributed by atoms with Gasteiger partial charge in [0.25, 0.3) is 0 Å². The largest absolute Gasteiger partial charge is 0.339 e. The molecule has 2 aliphatic rings. The van der Waals surface area contributed by atoms with Crippen molar-refractivity contribution in [3.63, 3.8) is 0 Å². The Morgan fingerprint density at radius 3 is 2.54 bits per heavy atom. The van der Waals surface area contributed by atoms with E-state index in [1.165, 1.54) is 11.8 Å². The molecule has 0 aliphatic carbocycles. The summed E-state index contributed by atoms with van der Waals surface area (Å²) in [7, 11) is -1.11. The number of hydrogen-bond acceptors (Lipinski definition) is 7. The summed E-state index contributed by atoms with van der Waals surface area (Å²) in [5, 5.41) is 8.83. The van der Waals surface area contributed by atoms with Crippen molar-refractivity contribution in [1.82, 2.24) is 24.6 Å². The lowest BCUT2D eigenvalue weighted by Crippen LogP contribution is -2.50. The van der Waals surface area contributed by atoms with Gasteiger partial charge in [0, 0.05) is 39.1 Å². The van der Waals surface area contributed by atoms with Crippen molar-refractivity contribution in [2.75, 3.05) is 44.2 Å². The number of carbonyl (C=O) groups is 1. The Hall–Kier alpha value is -1.13. The minimum absolute atomic E-state index is 0.0972. The number of nitrogens with zero attached hydrogens (tertiary/aromatic N) is 5. The summed E-state index contributed by atoms with van der Waals surface area (Å²) >= 11 is 1.39. The van der Waals surface area contributed by atoms with E-state index in [2.05, 4.69) is 22.0 Å². The number of carbonyl (C=O) groups excluding carboxylic acids is 1. The zero-order chi connectivity index (χ0) is 18.9. The molecule has 2 atom stereocenters. The van der Waals surface area contributed by atoms with Crippen molar-refractivity contribution < 1.29 is 13.2 Å². The molecule has 26 heavy (non-hydrogen) atoms. The lowest BCUT2D eigenvalue weighted by atomic mass is 10.1. The third kappa shape index (κ3) is 4.23. The van der Waals surface area contributed by atoms with Gasteiger partial charge in [-0.25, -0.2) is 8.42 Å². The SMILES string of the molecule is CCN1CCN(C(=O)[C@H](C)Sc2nnc([C@H]3CCS(=O)(=O)C3)n2C)CC1. The van der Waals surface area contributed by atoms with Crippen molar-refractivity contribution >= 4 is 27.5 Å². The van der Waals surface area contributed by atoms with Crippen molar-refractivity contribution in [2.24, 2.45) is 7.05 Å². The van der Waals surface area contributed by atoms with E-state index in [9.17, 15) is 13.2 Å². The summed E-state index contributed by atoms with van der Waals surface area (Å²) < 4.78 is 25.2. The number of piperazine rings is 1. The van der Waals surface area contributed by atoms with Crippen LogP contribution in [0.1, 0.15) is 32.0 Å². The fourth-order valence-corrected chi connectivity index (χ4v) is 6.18. The summed E-state index contributed by atoms with van der Waals surface area (Å²) in [4.78, 5) is 17.0. The first kappa shape index (κ1) is 19.6. The third-order valence-corrected chi connectivity index (χ3v) is 8.12. The Bertz CT molecular complexity index is 756. The summed E-state index contributed by atoms with van der Waals surface area (Å²) in [5.74, 6) is 1.08. The number of amides is 1. The first-order valence-electron chi connectivity index (χ1n) is 9.08. The van der Waals surface area contributed by atoms with E-state index in [0.29, 0.717) is 17.4 Å². The van der Waals surface area contributed by atoms with Crippen molar-refractivity contribution in [2.45, 2.75) is 36.6 Å². The zero-order valence-electron chi connectivity index (χ0n) is 15.6. The number of likely N-dealkylation sites (N-methyl/N-ethyl adjacent to an activating group) is 1. The van der Waals surface area contributed by atoms with E-state index in [1.807, 2.05) is 23.4 Å². The van der Waals surface area contributed by atoms with Crippen LogP contribution < -0.4 is 0 Å². The van der Waals surface area contributed by atoms with E-state index in [-0.39, 0.29) is 28.6 Å². The van der Waals surface area contributed by atoms with Gasteiger partial charge in [-0.05, 0) is 19.9 Å². The molecule has 3 rings (SSSR count). The zero-order valence-corrected chi connectivity index (χ0v) is 17.2. The lowest BCUT2D eigenvalue weighted by molar-refractivity contribution is -0.132. The topological polar surface area (TPSA) is 88.4 Å². The molecule has 0 N–H and O–H groups in total. The number of aromatic nitrogens is 3. The number of hydrogen-bond donors (Lipinski definition) is 0. The van der Waals surface area contributed by atoms with Gasteiger partial charge in [0.05, 0.1) is 16.8 Å². The summed E-state index contributed by atoms with van der Waals surface area (Å²) in [6, 6.07) is 0. The summed E-state index contributed by atoms with van der Waals surface area (Å²) in [6.07, 6.45) is 0.592. The monoisotopic (exact) mass is 401 g/mol. The Kier molecular flexibility index (Phi) is 5.93. The maximum absolute atomic E-state index is 12.7. The molecule has 2 saturated heterocycles. The van der Waals surface area contributed by atoms with Gasteiger partial charge in [-0.3, -0.25) is 4.79 Å². The first-order valence-corrected chi connectivity index (χ1v) is 11.8. The van der Waals surface area contributed by atoms with Gasteiger partial charge >= 0.3 is 0 Å². The highest BCUT2D eigenvalue weighted by molar-refractivity contribution is 8.00. The van der Waals surface area contributed by atoms with Crippen LogP contribution in [-0.4, -0.2) is 88.4 Å². The van der Waals surface area contributed by atoms with Gasteiger partial charge in [-0.1, -0.05) is 18.7 Å². The molecular weight excluding hydrogens is 374 g/mol. The molecule has 1 aromatic rings. The predicted molar refractivity (Wildman–Crippen MR) is 101 cm³/mol. The smallest absolute Gasteiger partial charge is 0.235 e. The van der Waals surface area contributed by atoms with Gasteiger partial charge < -0.3 is 14.4 Å². The molecule has 2 fully saturated rings. The van der Waals surface area contributed by atoms with E-state index >= 15 is 0 Å².